The van der Waals surface area contributed by atoms with Crippen molar-refractivity contribution < 1.29 is 9.59 Å². The Balaban J connectivity index is 1.74. The predicted molar refractivity (Wildman–Crippen MR) is 103 cm³/mol. The van der Waals surface area contributed by atoms with Crippen molar-refractivity contribution in [2.24, 2.45) is 5.92 Å². The van der Waals surface area contributed by atoms with Crippen molar-refractivity contribution in [3.63, 3.8) is 0 Å². The number of nitrogens with one attached hydrogen (secondary N) is 1. The molecule has 2 aliphatic rings. The van der Waals surface area contributed by atoms with Crippen LogP contribution in [-0.4, -0.2) is 11.8 Å². The molecular weight excluding hydrogens is 324 g/mol. The van der Waals surface area contributed by atoms with Crippen LogP contribution in [0.2, 0.25) is 0 Å². The van der Waals surface area contributed by atoms with Crippen LogP contribution in [0.25, 0.3) is 0 Å². The average molecular weight is 344 g/mol. The molecule has 2 amide bonds. The SMILES string of the molecule is Cc1ccc(N2C(=O)Nc3ccccc3[C@@H]2CC(=O)C2C=CC=C2)cc1. The molecule has 4 rings (SSSR count). The van der Waals surface area contributed by atoms with Gasteiger partial charge in [0.05, 0.1) is 12.0 Å². The van der Waals surface area contributed by atoms with E-state index in [0.29, 0.717) is 0 Å². The summed E-state index contributed by atoms with van der Waals surface area (Å²) >= 11 is 0. The highest BCUT2D eigenvalue weighted by atomic mass is 16.2. The number of para-hydroxylation sites is 1. The van der Waals surface area contributed by atoms with E-state index in [0.717, 1.165) is 22.5 Å². The van der Waals surface area contributed by atoms with E-state index in [-0.39, 0.29) is 30.2 Å². The van der Waals surface area contributed by atoms with E-state index in [1.54, 1.807) is 4.90 Å². The normalized spacial score (nSPS) is 18.7. The zero-order chi connectivity index (χ0) is 18.1. The molecule has 130 valence electrons. The summed E-state index contributed by atoms with van der Waals surface area (Å²) in [4.78, 5) is 27.3. The van der Waals surface area contributed by atoms with Crippen LogP contribution in [-0.2, 0) is 4.79 Å². The van der Waals surface area contributed by atoms with Gasteiger partial charge in [0.25, 0.3) is 0 Å². The minimum absolute atomic E-state index is 0.113. The number of urea groups is 1. The first kappa shape index (κ1) is 16.3. The van der Waals surface area contributed by atoms with Crippen LogP contribution in [0.4, 0.5) is 16.2 Å². The molecule has 0 radical (unpaired) electrons. The van der Waals surface area contributed by atoms with Gasteiger partial charge >= 0.3 is 6.03 Å². The van der Waals surface area contributed by atoms with Crippen molar-refractivity contribution in [1.82, 2.24) is 0 Å². The molecule has 0 saturated heterocycles. The number of fused-ring (bicyclic) bond motifs is 1. The molecule has 2 aromatic carbocycles. The smallest absolute Gasteiger partial charge is 0.307 e. The molecule has 1 aliphatic carbocycles. The molecule has 0 fully saturated rings. The van der Waals surface area contributed by atoms with Crippen LogP contribution in [0.5, 0.6) is 0 Å². The van der Waals surface area contributed by atoms with E-state index in [1.165, 1.54) is 0 Å². The first-order valence-electron chi connectivity index (χ1n) is 8.77. The number of Topliss-reactive ketones (excluding diaryl/α,β-unsaturated/α-hetero) is 1. The molecule has 26 heavy (non-hydrogen) atoms. The Kier molecular flexibility index (Phi) is 4.17. The summed E-state index contributed by atoms with van der Waals surface area (Å²) in [6, 6.07) is 15.0. The van der Waals surface area contributed by atoms with Gasteiger partial charge in [0.15, 0.2) is 0 Å². The average Bonchev–Trinajstić information content (AvgIpc) is 3.18. The molecule has 1 atom stereocenters. The largest absolute Gasteiger partial charge is 0.326 e. The Labute approximate surface area is 152 Å². The van der Waals surface area contributed by atoms with Crippen molar-refractivity contribution in [1.29, 1.82) is 0 Å². The van der Waals surface area contributed by atoms with Crippen molar-refractivity contribution in [3.8, 4) is 0 Å². The first-order chi connectivity index (χ1) is 12.6. The fourth-order valence-corrected chi connectivity index (χ4v) is 3.53. The molecule has 0 unspecified atom stereocenters. The number of ketones is 1. The quantitative estimate of drug-likeness (QED) is 0.867. The minimum atomic E-state index is -0.322. The van der Waals surface area contributed by atoms with Crippen LogP contribution in [0.15, 0.2) is 72.8 Å². The Morgan fingerprint density at radius 2 is 1.73 bits per heavy atom. The standard InChI is InChI=1S/C22H20N2O2/c1-15-10-12-17(13-11-15)24-20(14-21(25)16-6-2-3-7-16)18-8-4-5-9-19(18)23-22(24)26/h2-13,16,20H,14H2,1H3,(H,23,26)/t20-/m0/s1. The van der Waals surface area contributed by atoms with Gasteiger partial charge in [0.2, 0.25) is 0 Å². The number of anilines is 2. The molecule has 4 nitrogen and oxygen atoms in total. The number of benzene rings is 2. The van der Waals surface area contributed by atoms with E-state index in [9.17, 15) is 9.59 Å². The lowest BCUT2D eigenvalue weighted by molar-refractivity contribution is -0.120. The van der Waals surface area contributed by atoms with Crippen LogP contribution in [0.3, 0.4) is 0 Å². The van der Waals surface area contributed by atoms with Crippen LogP contribution in [0, 0.1) is 12.8 Å². The van der Waals surface area contributed by atoms with Crippen molar-refractivity contribution in [2.75, 3.05) is 10.2 Å². The lowest BCUT2D eigenvalue weighted by Gasteiger charge is -2.37. The Bertz CT molecular complexity index is 900. The second-order valence-electron chi connectivity index (χ2n) is 6.70. The highest BCUT2D eigenvalue weighted by Crippen LogP contribution is 2.39. The van der Waals surface area contributed by atoms with Crippen molar-refractivity contribution in [2.45, 2.75) is 19.4 Å². The number of allylic oxidation sites excluding steroid dienone is 4. The van der Waals surface area contributed by atoms with Gasteiger partial charge in [0, 0.05) is 17.8 Å². The third-order valence-electron chi connectivity index (χ3n) is 4.92. The number of nitrogens with zero attached hydrogens (tertiary/aromatic N) is 1. The lowest BCUT2D eigenvalue weighted by Crippen LogP contribution is -2.43. The second-order valence-corrected chi connectivity index (χ2v) is 6.70. The van der Waals surface area contributed by atoms with Gasteiger partial charge in [-0.05, 0) is 30.7 Å². The number of hydrogen-bond acceptors (Lipinski definition) is 2. The zero-order valence-corrected chi connectivity index (χ0v) is 14.6. The molecule has 1 heterocycles. The van der Waals surface area contributed by atoms with Crippen molar-refractivity contribution >= 4 is 23.2 Å². The Hall–Kier alpha value is -3.14. The molecule has 4 heteroatoms. The van der Waals surface area contributed by atoms with Crippen LogP contribution in [0.1, 0.15) is 23.6 Å². The highest BCUT2D eigenvalue weighted by Gasteiger charge is 2.35. The monoisotopic (exact) mass is 344 g/mol. The second kappa shape index (κ2) is 6.64. The van der Waals surface area contributed by atoms with Crippen LogP contribution < -0.4 is 10.2 Å². The van der Waals surface area contributed by atoms with E-state index >= 15 is 0 Å². The Morgan fingerprint density at radius 3 is 2.46 bits per heavy atom. The summed E-state index contributed by atoms with van der Waals surface area (Å²) < 4.78 is 0. The molecule has 2 aromatic rings. The van der Waals surface area contributed by atoms with E-state index in [1.807, 2.05) is 79.8 Å². The number of rotatable bonds is 4. The van der Waals surface area contributed by atoms with E-state index in [2.05, 4.69) is 5.32 Å². The maximum atomic E-state index is 12.8. The summed E-state index contributed by atoms with van der Waals surface area (Å²) in [5.41, 5.74) is 3.65. The topological polar surface area (TPSA) is 49.4 Å². The van der Waals surface area contributed by atoms with Gasteiger partial charge in [-0.2, -0.15) is 0 Å². The first-order valence-corrected chi connectivity index (χ1v) is 8.77. The molecule has 1 aliphatic heterocycles. The van der Waals surface area contributed by atoms with Gasteiger partial charge in [0.1, 0.15) is 5.78 Å². The molecule has 0 bridgehead atoms. The van der Waals surface area contributed by atoms with Gasteiger partial charge in [-0.15, -0.1) is 0 Å². The summed E-state index contributed by atoms with van der Waals surface area (Å²) in [7, 11) is 0. The maximum Gasteiger partial charge on any atom is 0.326 e. The van der Waals surface area contributed by atoms with Gasteiger partial charge in [-0.3, -0.25) is 9.69 Å². The Morgan fingerprint density at radius 1 is 1.04 bits per heavy atom. The predicted octanol–water partition coefficient (Wildman–Crippen LogP) is 4.79. The zero-order valence-electron chi connectivity index (χ0n) is 14.6. The van der Waals surface area contributed by atoms with Gasteiger partial charge < -0.3 is 5.32 Å². The molecule has 0 spiro atoms. The minimum Gasteiger partial charge on any atom is -0.307 e. The van der Waals surface area contributed by atoms with E-state index in [4.69, 9.17) is 0 Å². The third-order valence-corrected chi connectivity index (χ3v) is 4.92. The number of amides is 2. The summed E-state index contributed by atoms with van der Waals surface area (Å²) in [6.07, 6.45) is 7.85. The van der Waals surface area contributed by atoms with Crippen molar-refractivity contribution in [3.05, 3.63) is 84.0 Å². The summed E-state index contributed by atoms with van der Waals surface area (Å²) in [5.74, 6) is -0.0892. The maximum absolute atomic E-state index is 12.8. The summed E-state index contributed by atoms with van der Waals surface area (Å²) in [6.45, 7) is 2.01. The fraction of sp³-hybridized carbons (Fsp3) is 0.182. The lowest BCUT2D eigenvalue weighted by atomic mass is 9.91. The number of aryl methyl sites for hydroxylation is 1. The molecule has 0 saturated carbocycles. The number of hydrogen-bond donors (Lipinski definition) is 1. The molecule has 1 N–H and O–H groups in total. The number of carbonyl (C=O) groups is 2. The number of carbonyl (C=O) groups excluding carboxylic acids is 2. The molecule has 0 aromatic heterocycles. The van der Waals surface area contributed by atoms with Gasteiger partial charge in [-0.25, -0.2) is 4.79 Å². The fourth-order valence-electron chi connectivity index (χ4n) is 3.53. The molecular formula is C22H20N2O2. The third kappa shape index (κ3) is 2.94. The highest BCUT2D eigenvalue weighted by molar-refractivity contribution is 6.06. The van der Waals surface area contributed by atoms with E-state index < -0.39 is 0 Å². The summed E-state index contributed by atoms with van der Waals surface area (Å²) in [5, 5.41) is 2.94. The van der Waals surface area contributed by atoms with Crippen LogP contribution >= 0.6 is 0 Å². The van der Waals surface area contributed by atoms with Gasteiger partial charge in [-0.1, -0.05) is 60.2 Å².